The van der Waals surface area contributed by atoms with Gasteiger partial charge in [-0.15, -0.1) is 0 Å². The molecule has 0 saturated carbocycles. The van der Waals surface area contributed by atoms with Crippen molar-refractivity contribution in [3.8, 4) is 0 Å². The van der Waals surface area contributed by atoms with Crippen molar-refractivity contribution in [2.75, 3.05) is 52.4 Å². The first-order valence-corrected chi connectivity index (χ1v) is 41.8. The number of sulfonamides is 4. The lowest BCUT2D eigenvalue weighted by Crippen LogP contribution is -2.44. The number of hydrogen-bond donors (Lipinski definition) is 5. The second kappa shape index (κ2) is 35.7. The average Bonchev–Trinajstić information content (AvgIpc) is 0.941. The van der Waals surface area contributed by atoms with E-state index in [0.29, 0.717) is 106 Å². The second-order valence-electron chi connectivity index (χ2n) is 28.7. The Balaban J connectivity index is 0.000000185. The number of likely N-dealkylation sites (tertiary alicyclic amines) is 1. The monoisotopic (exact) mass is 1650 g/mol. The number of imidazole rings is 1. The van der Waals surface area contributed by atoms with E-state index in [1.807, 2.05) is 17.0 Å². The number of rotatable bonds is 21. The highest BCUT2D eigenvalue weighted by Gasteiger charge is 2.55. The number of piperidine rings is 4. The van der Waals surface area contributed by atoms with Gasteiger partial charge in [0, 0.05) is 101 Å². The normalized spacial score (nSPS) is 22.5. The van der Waals surface area contributed by atoms with E-state index in [9.17, 15) is 107 Å². The number of aliphatic hydroxyl groups is 5. The van der Waals surface area contributed by atoms with Crippen LogP contribution in [0.4, 0.5) is 52.7 Å². The first-order valence-electron chi connectivity index (χ1n) is 36.0. The van der Waals surface area contributed by atoms with Crippen LogP contribution in [0.2, 0.25) is 0 Å². The molecule has 0 aliphatic carbocycles. The molecule has 5 fully saturated rings. The molecule has 6 aromatic rings. The highest BCUT2D eigenvalue weighted by Crippen LogP contribution is 2.44. The van der Waals surface area contributed by atoms with Gasteiger partial charge in [0.05, 0.1) is 25.9 Å². The van der Waals surface area contributed by atoms with Crippen LogP contribution in [0.3, 0.4) is 0 Å². The summed E-state index contributed by atoms with van der Waals surface area (Å²) in [5.41, 5.74) is -13.8. The Labute approximate surface area is 633 Å². The van der Waals surface area contributed by atoms with Gasteiger partial charge in [0.25, 0.3) is 0 Å². The standard InChI is InChI=1S/2C19H24F3N3O3S.C18H25F3N2O3S.C16H22F3NO4S/c1-18(26,19(20,21)22)15-6-8-17(9-7-15)29(27,28)25-13-3-2-5-16(25)10-14-24-12-4-11-23-24;1-18(26,19(20,21)22)15-5-7-17(8-6-15)29(27,28)25-11-3-2-4-16(25)9-12-24-13-10-23-14-24;1-17(24,18(19,20)21)14-5-7-16(8-6-14)27(25,26)23-12-9-15(13-23)22-10-3-2-4-11-22;1-15(22,16(17,18)19)12-5-7-14(8-6-12)25(23,24)20-10-3-2-4-13(20)9-11-21/h4,6-9,11-12,16,26H,2-3,5,10,13-14H2,1H3;5-8,10,13-14,16,26H,2-4,9,11-12H2,1H3;5-8,15,24H,2-4,9-13H2,1H3;5-8,13,21-22H,2-4,9-11H2,1H3/t;;15-,17?;/m..1./s1. The van der Waals surface area contributed by atoms with Crippen LogP contribution in [0.1, 0.15) is 153 Å². The van der Waals surface area contributed by atoms with Gasteiger partial charge in [0.1, 0.15) is 0 Å². The summed E-state index contributed by atoms with van der Waals surface area (Å²) in [7, 11) is -15.3. The molecular formula is C72H95F12N9O13S4. The van der Waals surface area contributed by atoms with E-state index >= 15 is 0 Å². The second-order valence-corrected chi connectivity index (χ2v) is 36.3. The van der Waals surface area contributed by atoms with Crippen molar-refractivity contribution >= 4 is 40.1 Å². The van der Waals surface area contributed by atoms with E-state index in [1.165, 1.54) is 23.6 Å². The quantitative estimate of drug-likeness (QED) is 0.0419. The Bertz CT molecular complexity index is 4230. The third-order valence-electron chi connectivity index (χ3n) is 21.1. The van der Waals surface area contributed by atoms with Crippen LogP contribution in [0.15, 0.2) is 154 Å². The third-order valence-corrected chi connectivity index (χ3v) is 28.9. The lowest BCUT2D eigenvalue weighted by Gasteiger charge is -2.35. The maximum absolute atomic E-state index is 13.1. The van der Waals surface area contributed by atoms with Crippen LogP contribution in [0, 0.1) is 0 Å². The molecule has 110 heavy (non-hydrogen) atoms. The fourth-order valence-electron chi connectivity index (χ4n) is 13.8. The molecule has 8 atom stereocenters. The lowest BCUT2D eigenvalue weighted by atomic mass is 9.96. The Hall–Kier alpha value is -6.14. The highest BCUT2D eigenvalue weighted by atomic mass is 32.2. The molecule has 4 aromatic carbocycles. The molecule has 2 aromatic heterocycles. The summed E-state index contributed by atoms with van der Waals surface area (Å²) in [5.74, 6) is 0. The summed E-state index contributed by atoms with van der Waals surface area (Å²) in [6.07, 6.45) is 1.92. The van der Waals surface area contributed by atoms with Gasteiger partial charge in [-0.2, -0.15) is 75.0 Å². The maximum atomic E-state index is 13.1. The minimum absolute atomic E-state index is 0.0523. The van der Waals surface area contributed by atoms with Crippen LogP contribution < -0.4 is 0 Å². The van der Waals surface area contributed by atoms with Gasteiger partial charge in [0.15, 0.2) is 22.4 Å². The molecule has 7 unspecified atom stereocenters. The molecule has 0 bridgehead atoms. The zero-order valence-electron chi connectivity index (χ0n) is 61.1. The van der Waals surface area contributed by atoms with Crippen molar-refractivity contribution in [1.82, 2.24) is 41.5 Å². The largest absolute Gasteiger partial charge is 0.421 e. The molecule has 0 spiro atoms. The third kappa shape index (κ3) is 20.9. The molecule has 5 aliphatic rings. The van der Waals surface area contributed by atoms with Crippen molar-refractivity contribution in [3.63, 3.8) is 0 Å². The maximum Gasteiger partial charge on any atom is 0.421 e. The van der Waals surface area contributed by atoms with Crippen LogP contribution in [-0.2, 0) is 75.6 Å². The van der Waals surface area contributed by atoms with Crippen LogP contribution in [0.5, 0.6) is 0 Å². The van der Waals surface area contributed by atoms with E-state index in [-0.39, 0.29) is 55.9 Å². The minimum Gasteiger partial charge on any atom is -0.396 e. The van der Waals surface area contributed by atoms with Gasteiger partial charge in [-0.05, 0) is 195 Å². The van der Waals surface area contributed by atoms with E-state index in [2.05, 4.69) is 15.0 Å². The molecule has 11 rings (SSSR count). The smallest absolute Gasteiger partial charge is 0.396 e. The average molecular weight is 1650 g/mol. The lowest BCUT2D eigenvalue weighted by molar-refractivity contribution is -0.259. The summed E-state index contributed by atoms with van der Waals surface area (Å²) in [6, 6.07) is 18.3. The predicted octanol–water partition coefficient (Wildman–Crippen LogP) is 11.7. The molecule has 38 heteroatoms. The van der Waals surface area contributed by atoms with Crippen molar-refractivity contribution in [2.24, 2.45) is 0 Å². The highest BCUT2D eigenvalue weighted by molar-refractivity contribution is 7.90. The van der Waals surface area contributed by atoms with Crippen molar-refractivity contribution in [1.29, 1.82) is 0 Å². The van der Waals surface area contributed by atoms with Gasteiger partial charge in [0.2, 0.25) is 40.1 Å². The summed E-state index contributed by atoms with van der Waals surface area (Å²) >= 11 is 0. The first kappa shape index (κ1) is 89.4. The van der Waals surface area contributed by atoms with Gasteiger partial charge < -0.3 is 30.1 Å². The SMILES string of the molecule is CC(O)(c1ccc(S(=O)(=O)N2CCCCC2CCO)cc1)C(F)(F)F.CC(O)(c1ccc(S(=O)(=O)N2CCCCC2CCn2cccn2)cc1)C(F)(F)F.CC(O)(c1ccc(S(=O)(=O)N2CCCCC2CCn2ccnc2)cc1)C(F)(F)F.CC(O)(c1ccc(S(=O)(=O)N2CC[C@@H](N3CCCCC3)C2)cc1)C(F)(F)F. The zero-order valence-corrected chi connectivity index (χ0v) is 64.4. The van der Waals surface area contributed by atoms with Crippen LogP contribution in [-0.4, -0.2) is 202 Å². The van der Waals surface area contributed by atoms with Crippen molar-refractivity contribution in [2.45, 2.75) is 234 Å². The van der Waals surface area contributed by atoms with Crippen molar-refractivity contribution in [3.05, 3.63) is 156 Å². The van der Waals surface area contributed by atoms with E-state index in [1.54, 1.807) is 29.5 Å². The summed E-state index contributed by atoms with van der Waals surface area (Å²) in [4.78, 5) is 5.98. The number of hydrogen-bond acceptors (Lipinski definition) is 16. The van der Waals surface area contributed by atoms with Gasteiger partial charge in [-0.3, -0.25) is 9.58 Å². The van der Waals surface area contributed by atoms with E-state index in [4.69, 9.17) is 5.11 Å². The molecule has 0 radical (unpaired) electrons. The number of benzene rings is 4. The molecule has 5 N–H and O–H groups in total. The molecule has 5 saturated heterocycles. The van der Waals surface area contributed by atoms with E-state index < -0.39 is 104 Å². The predicted molar refractivity (Wildman–Crippen MR) is 381 cm³/mol. The molecule has 0 amide bonds. The molecule has 7 heterocycles. The Morgan fingerprint density at radius 1 is 0.400 bits per heavy atom. The number of aromatic nitrogens is 4. The summed E-state index contributed by atoms with van der Waals surface area (Å²) in [5, 5.41) is 52.2. The number of halogens is 12. The molecule has 5 aliphatic heterocycles. The van der Waals surface area contributed by atoms with Gasteiger partial charge >= 0.3 is 24.7 Å². The minimum atomic E-state index is -4.87. The number of aliphatic hydroxyl groups excluding tert-OH is 1. The van der Waals surface area contributed by atoms with Crippen LogP contribution >= 0.6 is 0 Å². The Morgan fingerprint density at radius 3 is 1.05 bits per heavy atom. The van der Waals surface area contributed by atoms with Crippen molar-refractivity contribution < 1.29 is 112 Å². The molecular weight excluding hydrogens is 1560 g/mol. The zero-order chi connectivity index (χ0) is 81.3. The van der Waals surface area contributed by atoms with Gasteiger partial charge in [-0.25, -0.2) is 38.7 Å². The topological polar surface area (TPSA) is 290 Å². The van der Waals surface area contributed by atoms with E-state index in [0.717, 1.165) is 174 Å². The van der Waals surface area contributed by atoms with Crippen LogP contribution in [0.25, 0.3) is 0 Å². The fourth-order valence-corrected chi connectivity index (χ4v) is 20.5. The Morgan fingerprint density at radius 2 is 0.736 bits per heavy atom. The summed E-state index contributed by atoms with van der Waals surface area (Å²) < 4.78 is 269. The molecule has 22 nitrogen and oxygen atoms in total. The van der Waals surface area contributed by atoms with Gasteiger partial charge in [-0.1, -0.05) is 74.2 Å². The summed E-state index contributed by atoms with van der Waals surface area (Å²) in [6.45, 7) is 7.49. The Kier molecular flexibility index (Phi) is 29.0. The number of nitrogens with zero attached hydrogens (tertiary/aromatic N) is 9. The number of alkyl halides is 12. The molecule has 614 valence electrons. The number of aryl methyl sites for hydroxylation is 2. The fraction of sp³-hybridized carbons (Fsp3) is 0.583. The first-order chi connectivity index (χ1) is 51.1.